The average Bonchev–Trinajstić information content (AvgIpc) is 2.13. The Hall–Kier alpha value is -1.81. The molecule has 0 aromatic carbocycles. The molecule has 0 aliphatic carbocycles. The first kappa shape index (κ1) is 9.28. The maximum Gasteiger partial charge on any atom is 0.288 e. The summed E-state index contributed by atoms with van der Waals surface area (Å²) in [4.78, 5) is 12.6. The number of nitrogens with zero attached hydrogens (tertiary/aromatic N) is 3. The maximum absolute atomic E-state index is 12.9. The van der Waals surface area contributed by atoms with E-state index >= 15 is 0 Å². The highest BCUT2D eigenvalue weighted by Crippen LogP contribution is 2.18. The lowest BCUT2D eigenvalue weighted by Crippen LogP contribution is -2.57. The smallest absolute Gasteiger partial charge is 0.288 e. The van der Waals surface area contributed by atoms with Gasteiger partial charge in [-0.1, -0.05) is 0 Å². The van der Waals surface area contributed by atoms with Gasteiger partial charge in [-0.15, -0.1) is 0 Å². The highest BCUT2D eigenvalue weighted by Gasteiger charge is 2.35. The summed E-state index contributed by atoms with van der Waals surface area (Å²) in [6.07, 6.45) is 0.532. The average molecular weight is 185 g/mol. The molecule has 0 saturated carbocycles. The summed E-state index contributed by atoms with van der Waals surface area (Å²) in [5, 5.41) is 8.53. The van der Waals surface area contributed by atoms with Gasteiger partial charge in [0.05, 0.1) is 0 Å². The molecule has 1 aliphatic rings. The lowest BCUT2D eigenvalue weighted by atomic mass is 10.3. The second-order valence-corrected chi connectivity index (χ2v) is 2.50. The number of hydrogen-bond acceptors (Lipinski definition) is 5. The first-order chi connectivity index (χ1) is 6.00. The number of halogens is 1. The Balaban J connectivity index is 3.18. The third-order valence-corrected chi connectivity index (χ3v) is 1.76. The highest BCUT2D eigenvalue weighted by atomic mass is 19.1. The van der Waals surface area contributed by atoms with E-state index in [1.54, 1.807) is 6.19 Å². The summed E-state index contributed by atoms with van der Waals surface area (Å²) in [5.74, 6) is -2.62. The van der Waals surface area contributed by atoms with Gasteiger partial charge >= 0.3 is 0 Å². The minimum Gasteiger partial charge on any atom is -0.382 e. The quantitative estimate of drug-likeness (QED) is 0.451. The van der Waals surface area contributed by atoms with Crippen LogP contribution in [-0.2, 0) is 4.79 Å². The number of carbonyl (C=O) groups excluding carboxylic acids is 1. The molecule has 13 heavy (non-hydrogen) atoms. The zero-order valence-electron chi connectivity index (χ0n) is 6.86. The van der Waals surface area contributed by atoms with Gasteiger partial charge in [0, 0.05) is 7.05 Å². The Labute approximate surface area is 73.8 Å². The molecule has 70 valence electrons. The van der Waals surface area contributed by atoms with Gasteiger partial charge in [0.2, 0.25) is 5.83 Å². The molecule has 1 atom stereocenters. The summed E-state index contributed by atoms with van der Waals surface area (Å²) in [5.41, 5.74) is 10.6. The van der Waals surface area contributed by atoms with E-state index in [1.165, 1.54) is 7.05 Å². The highest BCUT2D eigenvalue weighted by molar-refractivity contribution is 5.92. The number of rotatable bonds is 0. The number of nitriles is 1. The number of carbonyl (C=O) groups is 1. The molecule has 0 saturated heterocycles. The van der Waals surface area contributed by atoms with Crippen LogP contribution in [0, 0.1) is 11.5 Å². The van der Waals surface area contributed by atoms with Crippen LogP contribution in [0.3, 0.4) is 0 Å². The van der Waals surface area contributed by atoms with Crippen LogP contribution in [0.2, 0.25) is 0 Å². The topological polar surface area (TPSA) is 99.4 Å². The molecule has 6 nitrogen and oxygen atoms in total. The molecule has 0 bridgehead atoms. The van der Waals surface area contributed by atoms with Crippen molar-refractivity contribution in [2.45, 2.75) is 6.29 Å². The first-order valence-electron chi connectivity index (χ1n) is 3.37. The van der Waals surface area contributed by atoms with Crippen LogP contribution in [0.5, 0.6) is 0 Å². The number of amides is 1. The van der Waals surface area contributed by atoms with Gasteiger partial charge in [0.15, 0.2) is 18.3 Å². The summed E-state index contributed by atoms with van der Waals surface area (Å²) in [7, 11) is 1.28. The Kier molecular flexibility index (Phi) is 2.08. The molecule has 0 aromatic rings. The van der Waals surface area contributed by atoms with Gasteiger partial charge in [0.25, 0.3) is 5.91 Å². The zero-order chi connectivity index (χ0) is 10.2. The fraction of sp³-hybridized carbons (Fsp3) is 0.333. The van der Waals surface area contributed by atoms with Crippen molar-refractivity contribution >= 4 is 5.91 Å². The fourth-order valence-corrected chi connectivity index (χ4v) is 0.919. The summed E-state index contributed by atoms with van der Waals surface area (Å²) in [6, 6.07) is 0. The molecule has 0 fully saturated rings. The van der Waals surface area contributed by atoms with Crippen LogP contribution in [-0.4, -0.2) is 29.0 Å². The van der Waals surface area contributed by atoms with Crippen molar-refractivity contribution in [2.24, 2.45) is 11.5 Å². The Morgan fingerprint density at radius 1 is 1.69 bits per heavy atom. The molecule has 1 heterocycles. The predicted molar refractivity (Wildman–Crippen MR) is 40.5 cm³/mol. The Morgan fingerprint density at radius 3 is 2.69 bits per heavy atom. The fourth-order valence-electron chi connectivity index (χ4n) is 0.919. The van der Waals surface area contributed by atoms with Crippen LogP contribution < -0.4 is 11.5 Å². The van der Waals surface area contributed by atoms with Gasteiger partial charge in [-0.2, -0.15) is 9.65 Å². The van der Waals surface area contributed by atoms with E-state index in [4.69, 9.17) is 16.7 Å². The van der Waals surface area contributed by atoms with Crippen LogP contribution in [0.15, 0.2) is 11.6 Å². The second kappa shape index (κ2) is 2.91. The van der Waals surface area contributed by atoms with Crippen LogP contribution >= 0.6 is 0 Å². The van der Waals surface area contributed by atoms with Gasteiger partial charge < -0.3 is 10.6 Å². The van der Waals surface area contributed by atoms with Crippen LogP contribution in [0.25, 0.3) is 0 Å². The van der Waals surface area contributed by atoms with E-state index in [2.05, 4.69) is 0 Å². The van der Waals surface area contributed by atoms with Gasteiger partial charge in [-0.25, -0.2) is 4.90 Å². The minimum atomic E-state index is -1.16. The molecule has 1 rings (SSSR count). The number of likely N-dealkylation sites (N-methyl/N-ethyl adjacent to an activating group) is 1. The third-order valence-electron chi connectivity index (χ3n) is 1.76. The maximum atomic E-state index is 12.9. The molecular formula is C6H8FN5O. The molecular weight excluding hydrogens is 177 g/mol. The zero-order valence-corrected chi connectivity index (χ0v) is 6.86. The minimum absolute atomic E-state index is 0.543. The molecule has 1 amide bonds. The van der Waals surface area contributed by atoms with E-state index in [9.17, 15) is 9.18 Å². The van der Waals surface area contributed by atoms with Crippen molar-refractivity contribution in [3.8, 4) is 6.19 Å². The normalized spacial score (nSPS) is 23.5. The monoisotopic (exact) mass is 185 g/mol. The molecule has 1 unspecified atom stereocenters. The lowest BCUT2D eigenvalue weighted by Gasteiger charge is -2.34. The molecule has 0 aromatic heterocycles. The summed E-state index contributed by atoms with van der Waals surface area (Å²) in [6.45, 7) is 0. The molecule has 7 heteroatoms. The van der Waals surface area contributed by atoms with Gasteiger partial charge in [0.1, 0.15) is 0 Å². The molecule has 4 N–H and O–H groups in total. The third kappa shape index (κ3) is 1.17. The summed E-state index contributed by atoms with van der Waals surface area (Å²) >= 11 is 0. The van der Waals surface area contributed by atoms with E-state index in [0.717, 1.165) is 9.80 Å². The SMILES string of the molecule is CN1C(=O)C(F)=C(N)N(C#N)C1N. The number of nitrogens with two attached hydrogens (primary N) is 2. The Morgan fingerprint density at radius 2 is 2.23 bits per heavy atom. The van der Waals surface area contributed by atoms with Gasteiger partial charge in [-0.3, -0.25) is 10.5 Å². The van der Waals surface area contributed by atoms with Crippen molar-refractivity contribution in [1.82, 2.24) is 9.80 Å². The van der Waals surface area contributed by atoms with Crippen LogP contribution in [0.1, 0.15) is 0 Å². The molecule has 0 spiro atoms. The van der Waals surface area contributed by atoms with Crippen molar-refractivity contribution in [3.63, 3.8) is 0 Å². The standard InChI is InChI=1S/C6H8FN5O/c1-11-5(13)3(7)4(9)12(2-8)6(11)10/h6H,9-10H2,1H3. The van der Waals surface area contributed by atoms with Crippen molar-refractivity contribution in [1.29, 1.82) is 5.26 Å². The van der Waals surface area contributed by atoms with E-state index < -0.39 is 23.8 Å². The van der Waals surface area contributed by atoms with Crippen molar-refractivity contribution in [2.75, 3.05) is 7.05 Å². The number of hydrogen-bond donors (Lipinski definition) is 2. The van der Waals surface area contributed by atoms with E-state index in [0.29, 0.717) is 0 Å². The second-order valence-electron chi connectivity index (χ2n) is 2.50. The van der Waals surface area contributed by atoms with Crippen LogP contribution in [0.4, 0.5) is 4.39 Å². The van der Waals surface area contributed by atoms with Crippen molar-refractivity contribution < 1.29 is 9.18 Å². The molecule has 1 aliphatic heterocycles. The predicted octanol–water partition coefficient (Wildman–Crippen LogP) is -1.42. The van der Waals surface area contributed by atoms with E-state index in [1.807, 2.05) is 0 Å². The largest absolute Gasteiger partial charge is 0.382 e. The first-order valence-corrected chi connectivity index (χ1v) is 3.37. The van der Waals surface area contributed by atoms with E-state index in [-0.39, 0.29) is 0 Å². The molecule has 0 radical (unpaired) electrons. The van der Waals surface area contributed by atoms with Gasteiger partial charge in [-0.05, 0) is 0 Å². The summed E-state index contributed by atoms with van der Waals surface area (Å²) < 4.78 is 12.9. The Bertz CT molecular complexity index is 319. The lowest BCUT2D eigenvalue weighted by molar-refractivity contribution is -0.133. The van der Waals surface area contributed by atoms with Crippen molar-refractivity contribution in [3.05, 3.63) is 11.6 Å².